The third-order valence-electron chi connectivity index (χ3n) is 6.78. The third kappa shape index (κ3) is 4.96. The number of anilines is 1. The molecule has 0 bridgehead atoms. The van der Waals surface area contributed by atoms with Crippen LogP contribution in [0.5, 0.6) is 17.2 Å². The monoisotopic (exact) mass is 495 g/mol. The number of benzene rings is 1. The number of methoxy groups -OCH3 is 3. The second kappa shape index (κ2) is 10.9. The van der Waals surface area contributed by atoms with E-state index in [-0.39, 0.29) is 23.3 Å². The van der Waals surface area contributed by atoms with Crippen LogP contribution in [0.2, 0.25) is 0 Å². The first-order chi connectivity index (χ1) is 17.4. The average Bonchev–Trinajstić information content (AvgIpc) is 3.22. The van der Waals surface area contributed by atoms with E-state index in [1.54, 1.807) is 33.5 Å². The second-order valence-electron chi connectivity index (χ2n) is 9.08. The number of hydrogen-bond acceptors (Lipinski definition) is 7. The van der Waals surface area contributed by atoms with Crippen LogP contribution in [0, 0.1) is 0 Å². The van der Waals surface area contributed by atoms with E-state index in [1.165, 1.54) is 6.92 Å². The van der Waals surface area contributed by atoms with Crippen LogP contribution in [0.1, 0.15) is 49.8 Å². The zero-order valence-corrected chi connectivity index (χ0v) is 21.2. The fraction of sp³-hybridized carbons (Fsp3) is 0.444. The largest absolute Gasteiger partial charge is 0.493 e. The number of nitrogens with one attached hydrogen (secondary N) is 3. The van der Waals surface area contributed by atoms with Crippen LogP contribution in [-0.4, -0.2) is 45.7 Å². The van der Waals surface area contributed by atoms with Gasteiger partial charge in [-0.1, -0.05) is 6.07 Å². The zero-order chi connectivity index (χ0) is 25.8. The Bertz CT molecular complexity index is 1230. The molecule has 2 atom stereocenters. The Labute approximate surface area is 210 Å². The summed E-state index contributed by atoms with van der Waals surface area (Å²) in [7, 11) is 4.68. The Hall–Kier alpha value is -3.75. The summed E-state index contributed by atoms with van der Waals surface area (Å²) in [5, 5.41) is 9.05. The Morgan fingerprint density at radius 1 is 0.972 bits per heavy atom. The first-order valence-corrected chi connectivity index (χ1v) is 12.2. The van der Waals surface area contributed by atoms with Crippen molar-refractivity contribution in [3.05, 3.63) is 45.6 Å². The van der Waals surface area contributed by atoms with Crippen LogP contribution < -0.4 is 35.6 Å². The normalized spacial score (nSPS) is 18.9. The highest BCUT2D eigenvalue weighted by Crippen LogP contribution is 2.50. The molecular formula is C27H33N3O6. The van der Waals surface area contributed by atoms with Gasteiger partial charge in [-0.3, -0.25) is 14.4 Å². The van der Waals surface area contributed by atoms with Crippen molar-refractivity contribution < 1.29 is 23.8 Å². The standard InChI is InChI=1S/C27H33N3O6/c1-15(31)29-19-10-8-16-13-23(34-2)25(35-3)26(36-4)24(16)17-9-11-20(22(32)14-18(17)19)30-21-7-5-6-12-28-27(21)33/h9,11,13-14,19,21H,5-8,10,12H2,1-4H3,(H,28,33)(H,29,31)(H,30,32)/t19-,21+/m0/s1. The van der Waals surface area contributed by atoms with E-state index >= 15 is 0 Å². The van der Waals surface area contributed by atoms with Crippen LogP contribution in [0.15, 0.2) is 29.1 Å². The van der Waals surface area contributed by atoms with Gasteiger partial charge in [0.05, 0.1) is 33.1 Å². The van der Waals surface area contributed by atoms with Gasteiger partial charge in [-0.05, 0) is 67.0 Å². The topological polar surface area (TPSA) is 115 Å². The smallest absolute Gasteiger partial charge is 0.242 e. The van der Waals surface area contributed by atoms with E-state index in [0.717, 1.165) is 29.5 Å². The average molecular weight is 496 g/mol. The third-order valence-corrected chi connectivity index (χ3v) is 6.78. The Balaban J connectivity index is 1.92. The van der Waals surface area contributed by atoms with E-state index in [9.17, 15) is 14.4 Å². The lowest BCUT2D eigenvalue weighted by atomic mass is 9.95. The van der Waals surface area contributed by atoms with Crippen molar-refractivity contribution in [3.63, 3.8) is 0 Å². The highest BCUT2D eigenvalue weighted by Gasteiger charge is 2.30. The first kappa shape index (κ1) is 25.3. The molecule has 9 nitrogen and oxygen atoms in total. The molecule has 1 aliphatic carbocycles. The van der Waals surface area contributed by atoms with Crippen molar-refractivity contribution in [2.75, 3.05) is 33.2 Å². The highest BCUT2D eigenvalue weighted by molar-refractivity contribution is 5.86. The quantitative estimate of drug-likeness (QED) is 0.564. The minimum absolute atomic E-state index is 0.111. The van der Waals surface area contributed by atoms with Crippen LogP contribution >= 0.6 is 0 Å². The Kier molecular flexibility index (Phi) is 7.67. The molecule has 0 radical (unpaired) electrons. The van der Waals surface area contributed by atoms with E-state index in [0.29, 0.717) is 54.3 Å². The minimum Gasteiger partial charge on any atom is -0.493 e. The molecule has 1 saturated heterocycles. The number of carbonyl (C=O) groups is 2. The van der Waals surface area contributed by atoms with Gasteiger partial charge >= 0.3 is 0 Å². The number of aryl methyl sites for hydroxylation is 1. The van der Waals surface area contributed by atoms with Gasteiger partial charge in [-0.2, -0.15) is 0 Å². The summed E-state index contributed by atoms with van der Waals surface area (Å²) in [6.07, 6.45) is 3.64. The number of amides is 2. The van der Waals surface area contributed by atoms with E-state index in [4.69, 9.17) is 14.2 Å². The van der Waals surface area contributed by atoms with E-state index < -0.39 is 6.04 Å². The predicted molar refractivity (Wildman–Crippen MR) is 137 cm³/mol. The molecule has 4 rings (SSSR count). The fourth-order valence-electron chi connectivity index (χ4n) is 5.09. The predicted octanol–water partition coefficient (Wildman–Crippen LogP) is 2.94. The summed E-state index contributed by atoms with van der Waals surface area (Å²) < 4.78 is 17.0. The summed E-state index contributed by atoms with van der Waals surface area (Å²) in [4.78, 5) is 38.0. The molecule has 1 fully saturated rings. The summed E-state index contributed by atoms with van der Waals surface area (Å²) in [5.74, 6) is 1.18. The van der Waals surface area contributed by atoms with Crippen LogP contribution in [0.4, 0.5) is 5.69 Å². The van der Waals surface area contributed by atoms with Crippen LogP contribution in [0.3, 0.4) is 0 Å². The maximum Gasteiger partial charge on any atom is 0.242 e. The van der Waals surface area contributed by atoms with Crippen LogP contribution in [0.25, 0.3) is 11.1 Å². The van der Waals surface area contributed by atoms with Crippen LogP contribution in [-0.2, 0) is 16.0 Å². The van der Waals surface area contributed by atoms with Crippen molar-refractivity contribution in [2.24, 2.45) is 0 Å². The molecule has 2 amide bonds. The number of ether oxygens (including phenoxy) is 3. The lowest BCUT2D eigenvalue weighted by Crippen LogP contribution is -2.38. The van der Waals surface area contributed by atoms with Crippen molar-refractivity contribution >= 4 is 17.5 Å². The molecular weight excluding hydrogens is 462 g/mol. The molecule has 0 unspecified atom stereocenters. The Morgan fingerprint density at radius 3 is 2.44 bits per heavy atom. The molecule has 2 aromatic rings. The molecule has 1 heterocycles. The fourth-order valence-corrected chi connectivity index (χ4v) is 5.09. The molecule has 3 N–H and O–H groups in total. The molecule has 2 aliphatic rings. The van der Waals surface area contributed by atoms with E-state index in [1.807, 2.05) is 12.1 Å². The number of hydrogen-bond donors (Lipinski definition) is 3. The molecule has 9 heteroatoms. The van der Waals surface area contributed by atoms with Crippen molar-refractivity contribution in [1.82, 2.24) is 10.6 Å². The van der Waals surface area contributed by atoms with Gasteiger partial charge in [-0.15, -0.1) is 0 Å². The second-order valence-corrected chi connectivity index (χ2v) is 9.08. The summed E-state index contributed by atoms with van der Waals surface area (Å²) in [5.41, 5.74) is 3.23. The van der Waals surface area contributed by atoms with Gasteiger partial charge in [0.15, 0.2) is 11.5 Å². The van der Waals surface area contributed by atoms with Gasteiger partial charge in [0.2, 0.25) is 23.0 Å². The molecule has 0 spiro atoms. The van der Waals surface area contributed by atoms with Gasteiger partial charge in [-0.25, -0.2) is 0 Å². The summed E-state index contributed by atoms with van der Waals surface area (Å²) in [6, 6.07) is 6.14. The summed E-state index contributed by atoms with van der Waals surface area (Å²) in [6.45, 7) is 2.10. The van der Waals surface area contributed by atoms with Gasteiger partial charge in [0, 0.05) is 19.0 Å². The maximum atomic E-state index is 13.4. The molecule has 192 valence electrons. The molecule has 0 aromatic heterocycles. The lowest BCUT2D eigenvalue weighted by molar-refractivity contribution is -0.121. The van der Waals surface area contributed by atoms with E-state index in [2.05, 4.69) is 16.0 Å². The SMILES string of the molecule is COc1cc2c(c(OC)c1OC)-c1ccc(N[C@@H]3CCCCNC3=O)c(=O)cc1[C@@H](NC(C)=O)CC2. The van der Waals surface area contributed by atoms with Crippen molar-refractivity contribution in [1.29, 1.82) is 0 Å². The molecule has 36 heavy (non-hydrogen) atoms. The number of fused-ring (bicyclic) bond motifs is 3. The highest BCUT2D eigenvalue weighted by atomic mass is 16.5. The minimum atomic E-state index is -0.486. The van der Waals surface area contributed by atoms with Crippen molar-refractivity contribution in [2.45, 2.75) is 51.1 Å². The van der Waals surface area contributed by atoms with Gasteiger partial charge < -0.3 is 30.2 Å². The maximum absolute atomic E-state index is 13.4. The molecule has 1 aliphatic heterocycles. The van der Waals surface area contributed by atoms with Gasteiger partial charge in [0.25, 0.3) is 0 Å². The van der Waals surface area contributed by atoms with Crippen molar-refractivity contribution in [3.8, 4) is 28.4 Å². The zero-order valence-electron chi connectivity index (χ0n) is 21.2. The summed E-state index contributed by atoms with van der Waals surface area (Å²) >= 11 is 0. The number of rotatable bonds is 6. The van der Waals surface area contributed by atoms with Gasteiger partial charge in [0.1, 0.15) is 6.04 Å². The molecule has 2 aromatic carbocycles. The molecule has 0 saturated carbocycles. The lowest BCUT2D eigenvalue weighted by Gasteiger charge is -2.19. The Morgan fingerprint density at radius 2 is 1.75 bits per heavy atom. The first-order valence-electron chi connectivity index (χ1n) is 12.2. The number of carbonyl (C=O) groups excluding carboxylic acids is 2.